The lowest BCUT2D eigenvalue weighted by atomic mass is 10.2. The lowest BCUT2D eigenvalue weighted by Crippen LogP contribution is -2.38. The van der Waals surface area contributed by atoms with Crippen molar-refractivity contribution in [3.63, 3.8) is 0 Å². The number of halogens is 1. The first-order valence-corrected chi connectivity index (χ1v) is 10.5. The van der Waals surface area contributed by atoms with Gasteiger partial charge in [0.2, 0.25) is 0 Å². The highest BCUT2D eigenvalue weighted by molar-refractivity contribution is 14.0. The summed E-state index contributed by atoms with van der Waals surface area (Å²) in [5, 5.41) is 6.69. The van der Waals surface area contributed by atoms with Gasteiger partial charge in [0, 0.05) is 50.1 Å². The average molecular weight is 549 g/mol. The molecule has 7 nitrogen and oxygen atoms in total. The van der Waals surface area contributed by atoms with Crippen LogP contribution in [0.4, 0.5) is 0 Å². The SMILES string of the molecule is CCNC(=NCc1ccc(OC)cc1OC)NCCc1nccn1Cc1ccccc1.I. The highest BCUT2D eigenvalue weighted by atomic mass is 127. The van der Waals surface area contributed by atoms with Gasteiger partial charge in [-0.2, -0.15) is 0 Å². The Bertz CT molecular complexity index is 976. The van der Waals surface area contributed by atoms with Crippen LogP contribution in [0.2, 0.25) is 0 Å². The number of aliphatic imine (C=N–C) groups is 1. The molecule has 2 aromatic carbocycles. The molecule has 172 valence electrons. The summed E-state index contributed by atoms with van der Waals surface area (Å²) in [6, 6.07) is 16.2. The van der Waals surface area contributed by atoms with Crippen LogP contribution in [-0.2, 0) is 19.5 Å². The Labute approximate surface area is 207 Å². The molecule has 0 aliphatic rings. The van der Waals surface area contributed by atoms with Gasteiger partial charge in [0.25, 0.3) is 0 Å². The molecule has 0 saturated carbocycles. The predicted molar refractivity (Wildman–Crippen MR) is 139 cm³/mol. The molecular formula is C24H32IN5O2. The zero-order valence-electron chi connectivity index (χ0n) is 18.9. The summed E-state index contributed by atoms with van der Waals surface area (Å²) in [5.41, 5.74) is 2.26. The second-order valence-corrected chi connectivity index (χ2v) is 7.01. The molecule has 0 aliphatic heterocycles. The Hall–Kier alpha value is -2.75. The summed E-state index contributed by atoms with van der Waals surface area (Å²) in [6.45, 7) is 4.90. The first-order valence-electron chi connectivity index (χ1n) is 10.5. The smallest absolute Gasteiger partial charge is 0.191 e. The van der Waals surface area contributed by atoms with E-state index < -0.39 is 0 Å². The molecule has 0 radical (unpaired) electrons. The van der Waals surface area contributed by atoms with E-state index in [1.54, 1.807) is 14.2 Å². The van der Waals surface area contributed by atoms with Gasteiger partial charge in [-0.15, -0.1) is 24.0 Å². The Morgan fingerprint density at radius 2 is 1.88 bits per heavy atom. The fourth-order valence-corrected chi connectivity index (χ4v) is 3.27. The minimum atomic E-state index is 0. The van der Waals surface area contributed by atoms with Crippen LogP contribution in [0.3, 0.4) is 0 Å². The zero-order valence-corrected chi connectivity index (χ0v) is 21.2. The van der Waals surface area contributed by atoms with Crippen molar-refractivity contribution in [1.29, 1.82) is 0 Å². The summed E-state index contributed by atoms with van der Waals surface area (Å²) < 4.78 is 12.9. The predicted octanol–water partition coefficient (Wildman–Crippen LogP) is 3.86. The van der Waals surface area contributed by atoms with Crippen LogP contribution < -0.4 is 20.1 Å². The molecule has 1 heterocycles. The molecular weight excluding hydrogens is 517 g/mol. The summed E-state index contributed by atoms with van der Waals surface area (Å²) >= 11 is 0. The van der Waals surface area contributed by atoms with Gasteiger partial charge in [0.15, 0.2) is 5.96 Å². The fraction of sp³-hybridized carbons (Fsp3) is 0.333. The van der Waals surface area contributed by atoms with Crippen molar-refractivity contribution in [2.75, 3.05) is 27.3 Å². The maximum Gasteiger partial charge on any atom is 0.191 e. The summed E-state index contributed by atoms with van der Waals surface area (Å²) in [7, 11) is 3.30. The summed E-state index contributed by atoms with van der Waals surface area (Å²) in [4.78, 5) is 9.23. The highest BCUT2D eigenvalue weighted by Crippen LogP contribution is 2.25. The van der Waals surface area contributed by atoms with Gasteiger partial charge in [-0.1, -0.05) is 30.3 Å². The van der Waals surface area contributed by atoms with E-state index in [1.165, 1.54) is 5.56 Å². The quantitative estimate of drug-likeness (QED) is 0.228. The lowest BCUT2D eigenvalue weighted by Gasteiger charge is -2.13. The third-order valence-corrected chi connectivity index (χ3v) is 4.88. The third kappa shape index (κ3) is 7.44. The first-order chi connectivity index (χ1) is 15.2. The maximum absolute atomic E-state index is 5.47. The van der Waals surface area contributed by atoms with Crippen molar-refractivity contribution >= 4 is 29.9 Å². The Balaban J connectivity index is 0.00000363. The number of nitrogens with one attached hydrogen (secondary N) is 2. The largest absolute Gasteiger partial charge is 0.497 e. The van der Waals surface area contributed by atoms with Crippen LogP contribution in [0.5, 0.6) is 11.5 Å². The monoisotopic (exact) mass is 549 g/mol. The van der Waals surface area contributed by atoms with Gasteiger partial charge >= 0.3 is 0 Å². The summed E-state index contributed by atoms with van der Waals surface area (Å²) in [6.07, 6.45) is 4.68. The number of imidazole rings is 1. The zero-order chi connectivity index (χ0) is 21.9. The van der Waals surface area contributed by atoms with E-state index in [-0.39, 0.29) is 24.0 Å². The van der Waals surface area contributed by atoms with Crippen molar-refractivity contribution in [1.82, 2.24) is 20.2 Å². The molecule has 0 aliphatic carbocycles. The van der Waals surface area contributed by atoms with Crippen molar-refractivity contribution in [2.24, 2.45) is 4.99 Å². The van der Waals surface area contributed by atoms with Gasteiger partial charge in [-0.3, -0.25) is 0 Å². The fourth-order valence-electron chi connectivity index (χ4n) is 3.27. The molecule has 32 heavy (non-hydrogen) atoms. The van der Waals surface area contributed by atoms with E-state index in [9.17, 15) is 0 Å². The molecule has 3 rings (SSSR count). The van der Waals surface area contributed by atoms with Gasteiger partial charge in [0.1, 0.15) is 17.3 Å². The average Bonchev–Trinajstić information content (AvgIpc) is 3.24. The molecule has 3 aromatic rings. The second-order valence-electron chi connectivity index (χ2n) is 7.01. The number of hydrogen-bond acceptors (Lipinski definition) is 4. The Kier molecular flexibility index (Phi) is 10.9. The van der Waals surface area contributed by atoms with Crippen molar-refractivity contribution in [3.8, 4) is 11.5 Å². The van der Waals surface area contributed by atoms with E-state index in [0.717, 1.165) is 54.9 Å². The number of aromatic nitrogens is 2. The number of hydrogen-bond donors (Lipinski definition) is 2. The number of ether oxygens (including phenoxy) is 2. The van der Waals surface area contributed by atoms with Gasteiger partial charge < -0.3 is 24.7 Å². The Morgan fingerprint density at radius 1 is 1.06 bits per heavy atom. The molecule has 1 aromatic heterocycles. The van der Waals surface area contributed by atoms with Gasteiger partial charge in [-0.25, -0.2) is 9.98 Å². The van der Waals surface area contributed by atoms with Gasteiger partial charge in [0.05, 0.1) is 20.8 Å². The molecule has 0 saturated heterocycles. The lowest BCUT2D eigenvalue weighted by molar-refractivity contribution is 0.391. The normalized spacial score (nSPS) is 10.9. The number of nitrogens with zero attached hydrogens (tertiary/aromatic N) is 3. The van der Waals surface area contributed by atoms with E-state index in [4.69, 9.17) is 14.5 Å². The number of guanidine groups is 1. The summed E-state index contributed by atoms with van der Waals surface area (Å²) in [5.74, 6) is 3.34. The van der Waals surface area contributed by atoms with Crippen LogP contribution >= 0.6 is 24.0 Å². The molecule has 0 fully saturated rings. The van der Waals surface area contributed by atoms with E-state index >= 15 is 0 Å². The highest BCUT2D eigenvalue weighted by Gasteiger charge is 2.07. The minimum Gasteiger partial charge on any atom is -0.497 e. The van der Waals surface area contributed by atoms with Crippen molar-refractivity contribution in [2.45, 2.75) is 26.4 Å². The maximum atomic E-state index is 5.47. The van der Waals surface area contributed by atoms with Crippen molar-refractivity contribution < 1.29 is 9.47 Å². The third-order valence-electron chi connectivity index (χ3n) is 4.88. The van der Waals surface area contributed by atoms with Crippen LogP contribution in [0.15, 0.2) is 65.9 Å². The molecule has 0 unspecified atom stereocenters. The van der Waals surface area contributed by atoms with Crippen molar-refractivity contribution in [3.05, 3.63) is 77.9 Å². The van der Waals surface area contributed by atoms with Gasteiger partial charge in [-0.05, 0) is 24.6 Å². The van der Waals surface area contributed by atoms with Crippen LogP contribution in [0, 0.1) is 0 Å². The molecule has 8 heteroatoms. The van der Waals surface area contributed by atoms with E-state index in [2.05, 4.69) is 51.4 Å². The second kappa shape index (κ2) is 13.6. The molecule has 2 N–H and O–H groups in total. The standard InChI is InChI=1S/C24H31N5O2.HI/c1-4-25-24(28-17-20-10-11-21(30-2)16-22(20)31-3)27-13-12-23-26-14-15-29(23)18-19-8-6-5-7-9-19;/h5-11,14-16H,4,12-13,17-18H2,1-3H3,(H2,25,27,28);1H. The molecule has 0 atom stereocenters. The van der Waals surface area contributed by atoms with Crippen LogP contribution in [0.1, 0.15) is 23.9 Å². The molecule has 0 bridgehead atoms. The first kappa shape index (κ1) is 25.5. The topological polar surface area (TPSA) is 72.7 Å². The van der Waals surface area contributed by atoms with E-state index in [0.29, 0.717) is 6.54 Å². The van der Waals surface area contributed by atoms with Crippen LogP contribution in [0.25, 0.3) is 0 Å². The molecule has 0 spiro atoms. The molecule has 0 amide bonds. The van der Waals surface area contributed by atoms with E-state index in [1.807, 2.05) is 36.7 Å². The minimum absolute atomic E-state index is 0. The number of rotatable bonds is 10. The number of benzene rings is 2. The Morgan fingerprint density at radius 3 is 2.59 bits per heavy atom. The van der Waals surface area contributed by atoms with Crippen LogP contribution in [-0.4, -0.2) is 42.8 Å². The number of methoxy groups -OCH3 is 2.